The van der Waals surface area contributed by atoms with Gasteiger partial charge in [0.1, 0.15) is 19.3 Å². The fraction of sp³-hybridized carbons (Fsp3) is 0.667. The molecular weight excluding hydrogens is 484 g/mol. The minimum Gasteiger partial charge on any atom is -0.459 e. The lowest BCUT2D eigenvalue weighted by Crippen LogP contribution is -2.28. The number of benzene rings is 1. The molecule has 216 valence electrons. The highest BCUT2D eigenvalue weighted by Crippen LogP contribution is 2.34. The maximum atomic E-state index is 10.8. The van der Waals surface area contributed by atoms with Crippen LogP contribution in [0.3, 0.4) is 0 Å². The van der Waals surface area contributed by atoms with Gasteiger partial charge in [-0.15, -0.1) is 10.1 Å². The van der Waals surface area contributed by atoms with Gasteiger partial charge in [-0.1, -0.05) is 108 Å². The van der Waals surface area contributed by atoms with Gasteiger partial charge < -0.3 is 14.9 Å². The highest BCUT2D eigenvalue weighted by molar-refractivity contribution is 5.74. The summed E-state index contributed by atoms with van der Waals surface area (Å²) in [5, 5.41) is 10.9. The number of aryl methyl sites for hydroxylation is 1. The standard InChI is InChI=1S/C17H26.C7H14.C6H10N2O6/c1-15-9-8-14-17(15)13-7-3-6-12-16-10-4-2-5-11-16;1-3-5-7-6-4-2;1-5(3-13-8(11)12)14-6(10)2-7-4-9/h2,4-5,10-11,15,17H,3,6-9,12-14H2,1H3;3,5H,4,6-7H2,1-2H3;4-5H,2-3H2,1H3,(H,7,9)/b;5-3-;. The summed E-state index contributed by atoms with van der Waals surface area (Å²) < 4.78 is 4.61. The van der Waals surface area contributed by atoms with E-state index < -0.39 is 17.2 Å². The molecule has 2 rings (SSSR count). The van der Waals surface area contributed by atoms with Crippen LogP contribution in [0.2, 0.25) is 0 Å². The molecule has 8 heteroatoms. The summed E-state index contributed by atoms with van der Waals surface area (Å²) in [6, 6.07) is 10.9. The van der Waals surface area contributed by atoms with Crippen LogP contribution in [0.25, 0.3) is 0 Å². The van der Waals surface area contributed by atoms with Crippen LogP contribution >= 0.6 is 0 Å². The van der Waals surface area contributed by atoms with Gasteiger partial charge in [0.25, 0.3) is 5.09 Å². The topological polar surface area (TPSA) is 108 Å². The lowest BCUT2D eigenvalue weighted by molar-refractivity contribution is -0.759. The Bertz CT molecular complexity index is 756. The predicted molar refractivity (Wildman–Crippen MR) is 152 cm³/mol. The normalized spacial score (nSPS) is 16.8. The zero-order chi connectivity index (χ0) is 28.4. The largest absolute Gasteiger partial charge is 0.459 e. The van der Waals surface area contributed by atoms with Gasteiger partial charge in [-0.3, -0.25) is 9.59 Å². The molecule has 1 aliphatic rings. The van der Waals surface area contributed by atoms with Crippen LogP contribution in [0.15, 0.2) is 42.5 Å². The third-order valence-electron chi connectivity index (χ3n) is 6.46. The summed E-state index contributed by atoms with van der Waals surface area (Å²) >= 11 is 0. The number of unbranched alkanes of at least 4 members (excludes halogenated alkanes) is 4. The quantitative estimate of drug-likeness (QED) is 0.0620. The van der Waals surface area contributed by atoms with Gasteiger partial charge in [0.2, 0.25) is 6.41 Å². The van der Waals surface area contributed by atoms with Crippen molar-refractivity contribution in [2.45, 2.75) is 104 Å². The van der Waals surface area contributed by atoms with Crippen LogP contribution in [0.4, 0.5) is 0 Å². The van der Waals surface area contributed by atoms with Crippen molar-refractivity contribution in [1.82, 2.24) is 5.32 Å². The van der Waals surface area contributed by atoms with E-state index in [-0.39, 0.29) is 13.2 Å². The molecule has 0 aromatic heterocycles. The minimum absolute atomic E-state index is 0.272. The minimum atomic E-state index is -0.978. The molecular formula is C30H50N2O6. The van der Waals surface area contributed by atoms with E-state index in [1.165, 1.54) is 83.1 Å². The molecule has 0 spiro atoms. The fourth-order valence-corrected chi connectivity index (χ4v) is 4.29. The van der Waals surface area contributed by atoms with Gasteiger partial charge in [0.15, 0.2) is 0 Å². The Morgan fingerprint density at radius 1 is 1.18 bits per heavy atom. The second-order valence-corrected chi connectivity index (χ2v) is 9.78. The van der Waals surface area contributed by atoms with Gasteiger partial charge >= 0.3 is 5.97 Å². The first-order chi connectivity index (χ1) is 18.3. The van der Waals surface area contributed by atoms with Crippen LogP contribution in [-0.2, 0) is 25.6 Å². The molecule has 0 aliphatic heterocycles. The molecule has 1 aliphatic carbocycles. The average Bonchev–Trinajstić information content (AvgIpc) is 3.32. The highest BCUT2D eigenvalue weighted by Gasteiger charge is 2.22. The Labute approximate surface area is 229 Å². The van der Waals surface area contributed by atoms with Crippen molar-refractivity contribution in [2.75, 3.05) is 13.2 Å². The number of hydrogen-bond acceptors (Lipinski definition) is 6. The Kier molecular flexibility index (Phi) is 22.6. The molecule has 3 unspecified atom stereocenters. The van der Waals surface area contributed by atoms with Gasteiger partial charge in [0, 0.05) is 0 Å². The van der Waals surface area contributed by atoms with Gasteiger partial charge in [-0.05, 0) is 50.5 Å². The number of carbonyl (C=O) groups excluding carboxylic acids is 2. The molecule has 8 nitrogen and oxygen atoms in total. The molecule has 1 N–H and O–H groups in total. The summed E-state index contributed by atoms with van der Waals surface area (Å²) in [4.78, 5) is 34.3. The lowest BCUT2D eigenvalue weighted by Gasteiger charge is -2.14. The van der Waals surface area contributed by atoms with Crippen molar-refractivity contribution >= 4 is 12.4 Å². The Balaban J connectivity index is 0.000000589. The number of nitrogens with zero attached hydrogens (tertiary/aromatic N) is 1. The zero-order valence-electron chi connectivity index (χ0n) is 23.9. The van der Waals surface area contributed by atoms with Crippen LogP contribution in [-0.4, -0.2) is 36.7 Å². The lowest BCUT2D eigenvalue weighted by atomic mass is 9.92. The number of nitrogens with one attached hydrogen (secondary N) is 1. The van der Waals surface area contributed by atoms with Crippen LogP contribution in [0.1, 0.15) is 97.5 Å². The SMILES string of the molecule is C/C=C\CCCC.CC(CO[N+](=O)[O-])OC(=O)CNC=O.CC1CCCC1CCCCCc1ccccc1. The number of hydrogen-bond donors (Lipinski definition) is 1. The molecule has 3 atom stereocenters. The first kappa shape index (κ1) is 35.1. The molecule has 38 heavy (non-hydrogen) atoms. The van der Waals surface area contributed by atoms with E-state index in [0.29, 0.717) is 6.41 Å². The van der Waals surface area contributed by atoms with E-state index >= 15 is 0 Å². The smallest absolute Gasteiger partial charge is 0.325 e. The number of allylic oxidation sites excluding steroid dienone is 2. The molecule has 1 aromatic carbocycles. The number of rotatable bonds is 16. The van der Waals surface area contributed by atoms with Gasteiger partial charge in [-0.2, -0.15) is 0 Å². The molecule has 0 saturated heterocycles. The number of carbonyl (C=O) groups is 2. The first-order valence-electron chi connectivity index (χ1n) is 14.1. The average molecular weight is 535 g/mol. The monoisotopic (exact) mass is 534 g/mol. The van der Waals surface area contributed by atoms with Crippen LogP contribution in [0, 0.1) is 22.0 Å². The Hall–Kier alpha value is -2.90. The molecule has 1 saturated carbocycles. The van der Waals surface area contributed by atoms with Gasteiger partial charge in [0.05, 0.1) is 0 Å². The Morgan fingerprint density at radius 3 is 2.50 bits per heavy atom. The third kappa shape index (κ3) is 21.2. The molecule has 0 radical (unpaired) electrons. The molecule has 1 aromatic rings. The molecule has 1 amide bonds. The fourth-order valence-electron chi connectivity index (χ4n) is 4.29. The summed E-state index contributed by atoms with van der Waals surface area (Å²) in [5.74, 6) is 1.37. The van der Waals surface area contributed by atoms with E-state index in [1.54, 1.807) is 0 Å². The third-order valence-corrected chi connectivity index (χ3v) is 6.46. The van der Waals surface area contributed by atoms with E-state index in [9.17, 15) is 19.7 Å². The molecule has 1 fully saturated rings. The van der Waals surface area contributed by atoms with E-state index in [0.717, 1.165) is 11.8 Å². The maximum absolute atomic E-state index is 10.8. The second-order valence-electron chi connectivity index (χ2n) is 9.78. The van der Waals surface area contributed by atoms with Gasteiger partial charge in [-0.25, -0.2) is 0 Å². The second kappa shape index (κ2) is 24.4. The van der Waals surface area contributed by atoms with Crippen molar-refractivity contribution < 1.29 is 24.3 Å². The van der Waals surface area contributed by atoms with Crippen molar-refractivity contribution in [3.63, 3.8) is 0 Å². The summed E-state index contributed by atoms with van der Waals surface area (Å²) in [6.07, 6.45) is 19.3. The van der Waals surface area contributed by atoms with E-state index in [2.05, 4.69) is 78.1 Å². The van der Waals surface area contributed by atoms with Crippen LogP contribution < -0.4 is 5.32 Å². The van der Waals surface area contributed by atoms with Crippen molar-refractivity contribution in [3.05, 3.63) is 58.2 Å². The number of esters is 1. The van der Waals surface area contributed by atoms with Crippen molar-refractivity contribution in [3.8, 4) is 0 Å². The number of ether oxygens (including phenoxy) is 1. The molecule has 0 heterocycles. The summed E-state index contributed by atoms with van der Waals surface area (Å²) in [6.45, 7) is 7.55. The first-order valence-corrected chi connectivity index (χ1v) is 14.1. The number of amides is 1. The Morgan fingerprint density at radius 2 is 1.92 bits per heavy atom. The van der Waals surface area contributed by atoms with Crippen molar-refractivity contribution in [2.24, 2.45) is 11.8 Å². The van der Waals surface area contributed by atoms with Crippen LogP contribution in [0.5, 0.6) is 0 Å². The van der Waals surface area contributed by atoms with E-state index in [1.807, 2.05) is 0 Å². The summed E-state index contributed by atoms with van der Waals surface area (Å²) in [5.41, 5.74) is 1.50. The zero-order valence-corrected chi connectivity index (χ0v) is 23.9. The van der Waals surface area contributed by atoms with E-state index in [4.69, 9.17) is 0 Å². The maximum Gasteiger partial charge on any atom is 0.325 e. The predicted octanol–water partition coefficient (Wildman–Crippen LogP) is 6.85. The van der Waals surface area contributed by atoms with Crippen molar-refractivity contribution in [1.29, 1.82) is 0 Å². The molecule has 0 bridgehead atoms. The highest BCUT2D eigenvalue weighted by atomic mass is 17.0. The summed E-state index contributed by atoms with van der Waals surface area (Å²) in [7, 11) is 0.